The van der Waals surface area contributed by atoms with Crippen LogP contribution in [0.3, 0.4) is 0 Å². The third-order valence-corrected chi connectivity index (χ3v) is 4.73. The van der Waals surface area contributed by atoms with Crippen LogP contribution in [-0.2, 0) is 17.6 Å². The van der Waals surface area contributed by atoms with E-state index in [1.807, 2.05) is 0 Å². The Hall–Kier alpha value is -0.550. The second-order valence-corrected chi connectivity index (χ2v) is 6.19. The number of carbonyl (C=O) groups is 1. The fraction of sp³-hybridized carbons (Fsp3) is 0.600. The lowest BCUT2D eigenvalue weighted by molar-refractivity contribution is -0.133. The summed E-state index contributed by atoms with van der Waals surface area (Å²) < 4.78 is 0.913. The Kier molecular flexibility index (Phi) is 3.31. The number of aliphatic carboxylic acids is 1. The number of thioether (sulfide) groups is 1. The normalized spacial score (nSPS) is 19.9. The molecule has 1 heterocycles. The molecule has 5 heteroatoms. The first-order chi connectivity index (χ1) is 7.15. The minimum absolute atomic E-state index is 0.113. The van der Waals surface area contributed by atoms with Crippen LogP contribution in [0.1, 0.15) is 23.9 Å². The number of aromatic nitrogens is 1. The number of carboxylic acid groups (broad SMARTS) is 1. The van der Waals surface area contributed by atoms with Gasteiger partial charge < -0.3 is 5.11 Å². The summed E-state index contributed by atoms with van der Waals surface area (Å²) in [6.45, 7) is 2.26. The number of nitrogens with zero attached hydrogens (tertiary/aromatic N) is 1. The summed E-state index contributed by atoms with van der Waals surface area (Å²) in [6.07, 6.45) is 3.38. The Morgan fingerprint density at radius 1 is 1.73 bits per heavy atom. The highest BCUT2D eigenvalue weighted by Crippen LogP contribution is 2.33. The van der Waals surface area contributed by atoms with Crippen molar-refractivity contribution in [3.05, 3.63) is 10.6 Å². The van der Waals surface area contributed by atoms with Crippen molar-refractivity contribution in [2.75, 3.05) is 5.75 Å². The number of hydrogen-bond acceptors (Lipinski definition) is 4. The first-order valence-electron chi connectivity index (χ1n) is 4.98. The van der Waals surface area contributed by atoms with E-state index < -0.39 is 5.97 Å². The number of thiazole rings is 1. The molecule has 0 saturated heterocycles. The molecule has 1 aromatic heterocycles. The van der Waals surface area contributed by atoms with Crippen molar-refractivity contribution in [2.24, 2.45) is 5.92 Å². The number of fused-ring (bicyclic) bond motifs is 1. The van der Waals surface area contributed by atoms with Crippen LogP contribution in [-0.4, -0.2) is 21.8 Å². The standard InChI is InChI=1S/C10H13NO2S2/c1-6-2-3-7-8(4-6)15-10(11-7)14-5-9(12)13/h6H,2-5H2,1H3,(H,12,13). The largest absolute Gasteiger partial charge is 0.481 e. The molecule has 0 saturated carbocycles. The molecule has 1 aromatic rings. The lowest BCUT2D eigenvalue weighted by Crippen LogP contribution is -2.09. The summed E-state index contributed by atoms with van der Waals surface area (Å²) in [5, 5.41) is 8.58. The van der Waals surface area contributed by atoms with Crippen LogP contribution >= 0.6 is 23.1 Å². The zero-order valence-corrected chi connectivity index (χ0v) is 10.2. The molecule has 0 bridgehead atoms. The highest BCUT2D eigenvalue weighted by atomic mass is 32.2. The summed E-state index contributed by atoms with van der Waals surface area (Å²) in [7, 11) is 0. The van der Waals surface area contributed by atoms with Gasteiger partial charge in [-0.25, -0.2) is 4.98 Å². The smallest absolute Gasteiger partial charge is 0.313 e. The van der Waals surface area contributed by atoms with Crippen LogP contribution in [0.25, 0.3) is 0 Å². The molecule has 3 nitrogen and oxygen atoms in total. The predicted molar refractivity (Wildman–Crippen MR) is 61.7 cm³/mol. The number of aryl methyl sites for hydroxylation is 1. The monoisotopic (exact) mass is 243 g/mol. The van der Waals surface area contributed by atoms with E-state index in [-0.39, 0.29) is 5.75 Å². The molecule has 0 aromatic carbocycles. The second kappa shape index (κ2) is 4.53. The van der Waals surface area contributed by atoms with Crippen molar-refractivity contribution in [3.8, 4) is 0 Å². The molecule has 1 unspecified atom stereocenters. The van der Waals surface area contributed by atoms with Crippen LogP contribution in [0.15, 0.2) is 4.34 Å². The van der Waals surface area contributed by atoms with Gasteiger partial charge in [0.1, 0.15) is 0 Å². The average molecular weight is 243 g/mol. The van der Waals surface area contributed by atoms with Crippen LogP contribution in [0.2, 0.25) is 0 Å². The Morgan fingerprint density at radius 3 is 3.27 bits per heavy atom. The summed E-state index contributed by atoms with van der Waals surface area (Å²) in [4.78, 5) is 16.3. The quantitative estimate of drug-likeness (QED) is 0.828. The lowest BCUT2D eigenvalue weighted by atomic mass is 9.93. The topological polar surface area (TPSA) is 50.2 Å². The molecule has 0 radical (unpaired) electrons. The summed E-state index contributed by atoms with van der Waals surface area (Å²) >= 11 is 3.00. The zero-order valence-electron chi connectivity index (χ0n) is 8.52. The van der Waals surface area contributed by atoms with Crippen molar-refractivity contribution < 1.29 is 9.90 Å². The highest BCUT2D eigenvalue weighted by Gasteiger charge is 2.19. The maximum absolute atomic E-state index is 10.4. The summed E-state index contributed by atoms with van der Waals surface area (Å²) in [5.41, 5.74) is 1.20. The van der Waals surface area contributed by atoms with E-state index in [1.165, 1.54) is 28.8 Å². The van der Waals surface area contributed by atoms with E-state index in [1.54, 1.807) is 11.3 Å². The van der Waals surface area contributed by atoms with Gasteiger partial charge in [-0.1, -0.05) is 18.7 Å². The highest BCUT2D eigenvalue weighted by molar-refractivity contribution is 8.01. The Morgan fingerprint density at radius 2 is 2.53 bits per heavy atom. The average Bonchev–Trinajstić information content (AvgIpc) is 2.56. The van der Waals surface area contributed by atoms with Gasteiger partial charge in [-0.15, -0.1) is 11.3 Å². The van der Waals surface area contributed by atoms with Crippen molar-refractivity contribution >= 4 is 29.1 Å². The number of hydrogen-bond donors (Lipinski definition) is 1. The first kappa shape index (κ1) is 11.0. The van der Waals surface area contributed by atoms with Gasteiger partial charge in [0.2, 0.25) is 0 Å². The van der Waals surface area contributed by atoms with Crippen LogP contribution in [0, 0.1) is 5.92 Å². The van der Waals surface area contributed by atoms with Gasteiger partial charge in [0.05, 0.1) is 11.4 Å². The molecule has 15 heavy (non-hydrogen) atoms. The second-order valence-electron chi connectivity index (χ2n) is 3.88. The van der Waals surface area contributed by atoms with E-state index in [0.717, 1.165) is 23.1 Å². The molecular formula is C10H13NO2S2. The third kappa shape index (κ3) is 2.72. The SMILES string of the molecule is CC1CCc2nc(SCC(=O)O)sc2C1. The van der Waals surface area contributed by atoms with Gasteiger partial charge in [-0.3, -0.25) is 4.79 Å². The molecule has 0 amide bonds. The molecule has 0 fully saturated rings. The van der Waals surface area contributed by atoms with Gasteiger partial charge in [0, 0.05) is 4.88 Å². The van der Waals surface area contributed by atoms with E-state index in [2.05, 4.69) is 11.9 Å². The van der Waals surface area contributed by atoms with Gasteiger partial charge >= 0.3 is 5.97 Å². The van der Waals surface area contributed by atoms with Gasteiger partial charge in [0.15, 0.2) is 4.34 Å². The van der Waals surface area contributed by atoms with Crippen LogP contribution in [0.4, 0.5) is 0 Å². The molecule has 1 aliphatic carbocycles. The molecule has 0 aliphatic heterocycles. The van der Waals surface area contributed by atoms with Crippen molar-refractivity contribution in [3.63, 3.8) is 0 Å². The minimum atomic E-state index is -0.776. The number of carboxylic acids is 1. The molecule has 1 atom stereocenters. The van der Waals surface area contributed by atoms with Crippen molar-refractivity contribution in [2.45, 2.75) is 30.5 Å². The molecule has 1 aliphatic rings. The Balaban J connectivity index is 2.06. The summed E-state index contributed by atoms with van der Waals surface area (Å²) in [6, 6.07) is 0. The van der Waals surface area contributed by atoms with Crippen molar-refractivity contribution in [1.82, 2.24) is 4.98 Å². The van der Waals surface area contributed by atoms with Gasteiger partial charge in [-0.05, 0) is 25.2 Å². The fourth-order valence-corrected chi connectivity index (χ4v) is 3.84. The molecule has 0 spiro atoms. The predicted octanol–water partition coefficient (Wildman–Crippen LogP) is 2.44. The zero-order chi connectivity index (χ0) is 10.8. The molecule has 82 valence electrons. The minimum Gasteiger partial charge on any atom is -0.481 e. The third-order valence-electron chi connectivity index (χ3n) is 2.49. The lowest BCUT2D eigenvalue weighted by Gasteiger charge is -2.15. The van der Waals surface area contributed by atoms with Crippen LogP contribution in [0.5, 0.6) is 0 Å². The van der Waals surface area contributed by atoms with E-state index in [9.17, 15) is 4.79 Å². The Labute approximate surface area is 96.9 Å². The van der Waals surface area contributed by atoms with Crippen molar-refractivity contribution in [1.29, 1.82) is 0 Å². The Bertz CT molecular complexity index is 375. The molecule has 1 N–H and O–H groups in total. The molecule has 2 rings (SSSR count). The number of rotatable bonds is 3. The van der Waals surface area contributed by atoms with E-state index in [4.69, 9.17) is 5.11 Å². The fourth-order valence-electron chi connectivity index (χ4n) is 1.70. The van der Waals surface area contributed by atoms with Crippen LogP contribution < -0.4 is 0 Å². The van der Waals surface area contributed by atoms with Gasteiger partial charge in [-0.2, -0.15) is 0 Å². The van der Waals surface area contributed by atoms with E-state index in [0.29, 0.717) is 0 Å². The maximum atomic E-state index is 10.4. The maximum Gasteiger partial charge on any atom is 0.313 e. The molecular weight excluding hydrogens is 230 g/mol. The van der Waals surface area contributed by atoms with E-state index >= 15 is 0 Å². The summed E-state index contributed by atoms with van der Waals surface area (Å²) in [5.74, 6) is 0.0823. The first-order valence-corrected chi connectivity index (χ1v) is 6.78. The van der Waals surface area contributed by atoms with Gasteiger partial charge in [0.25, 0.3) is 0 Å².